The molecule has 0 aromatic heterocycles. The Hall–Kier alpha value is -0.810. The predicted molar refractivity (Wildman–Crippen MR) is 54.6 cm³/mol. The van der Waals surface area contributed by atoms with Crippen molar-refractivity contribution in [3.63, 3.8) is 0 Å². The van der Waals surface area contributed by atoms with Gasteiger partial charge in [-0.1, -0.05) is 0 Å². The van der Waals surface area contributed by atoms with E-state index in [1.807, 2.05) is 6.92 Å². The molecule has 0 spiro atoms. The molecule has 0 rings (SSSR count). The van der Waals surface area contributed by atoms with E-state index in [1.54, 1.807) is 6.92 Å². The quantitative estimate of drug-likeness (QED) is 0.622. The summed E-state index contributed by atoms with van der Waals surface area (Å²) in [4.78, 5) is 12.4. The van der Waals surface area contributed by atoms with E-state index in [0.717, 1.165) is 4.90 Å². The molecule has 0 amide bonds. The first-order chi connectivity index (χ1) is 5.80. The van der Waals surface area contributed by atoms with Gasteiger partial charge in [0.25, 0.3) is 0 Å². The van der Waals surface area contributed by atoms with Gasteiger partial charge in [0.15, 0.2) is 5.78 Å². The van der Waals surface area contributed by atoms with Crippen LogP contribution in [0.15, 0.2) is 0 Å². The van der Waals surface area contributed by atoms with Gasteiger partial charge in [-0.3, -0.25) is 4.79 Å². The highest BCUT2D eigenvalue weighted by Crippen LogP contribution is 1.94. The molecule has 0 aromatic rings. The molecule has 0 saturated heterocycles. The summed E-state index contributed by atoms with van der Waals surface area (Å²) in [6, 6.07) is -0.0175. The van der Waals surface area contributed by atoms with E-state index >= 15 is 0 Å². The number of Topliss-reactive ketones (excluding diaryl/α,β-unsaturated/α-hetero) is 1. The molecule has 1 N–H and O–H groups in total. The van der Waals surface area contributed by atoms with Crippen LogP contribution in [0.1, 0.15) is 34.6 Å². The van der Waals surface area contributed by atoms with Crippen LogP contribution in [-0.4, -0.2) is 23.9 Å². The molecule has 0 aliphatic heterocycles. The lowest BCUT2D eigenvalue weighted by atomic mass is 10.0. The number of carbonyl (C=O) groups is 1. The van der Waals surface area contributed by atoms with Gasteiger partial charge in [-0.2, -0.15) is 0 Å². The Bertz CT molecular complexity index is 219. The molecular weight excluding hydrogens is 162 g/mol. The molecule has 0 saturated carbocycles. The van der Waals surface area contributed by atoms with Gasteiger partial charge in [0.2, 0.25) is 0 Å². The molecule has 2 heteroatoms. The van der Waals surface area contributed by atoms with Crippen LogP contribution >= 0.6 is 0 Å². The normalized spacial score (nSPS) is 16.0. The number of rotatable bonds is 3. The van der Waals surface area contributed by atoms with Crippen LogP contribution in [0.4, 0.5) is 0 Å². The second-order valence-electron chi connectivity index (χ2n) is 4.49. The molecule has 1 unspecified atom stereocenters. The van der Waals surface area contributed by atoms with E-state index < -0.39 is 0 Å². The van der Waals surface area contributed by atoms with Crippen molar-refractivity contribution in [1.82, 2.24) is 0 Å². The third kappa shape index (κ3) is 3.61. The summed E-state index contributed by atoms with van der Waals surface area (Å²) < 4.78 is 0. The van der Waals surface area contributed by atoms with Crippen LogP contribution in [0.2, 0.25) is 0 Å². The van der Waals surface area contributed by atoms with Gasteiger partial charge in [0.05, 0.1) is 5.54 Å². The number of terminal acetylenes is 1. The molecule has 0 fully saturated rings. The minimum absolute atomic E-state index is 0.0175. The summed E-state index contributed by atoms with van der Waals surface area (Å²) in [5, 5.41) is 0. The number of carbonyl (C=O) groups excluding carboxylic acids is 1. The molecule has 0 aliphatic rings. The number of nitrogens with one attached hydrogen (secondary N) is 1. The van der Waals surface area contributed by atoms with Gasteiger partial charge in [0.1, 0.15) is 12.6 Å². The maximum absolute atomic E-state index is 11.2. The molecule has 0 bridgehead atoms. The largest absolute Gasteiger partial charge is 0.312 e. The topological polar surface area (TPSA) is 21.5 Å². The second-order valence-corrected chi connectivity index (χ2v) is 4.49. The molecule has 0 radical (unpaired) electrons. The molecule has 13 heavy (non-hydrogen) atoms. The third-order valence-corrected chi connectivity index (χ3v) is 2.39. The van der Waals surface area contributed by atoms with Gasteiger partial charge in [-0.15, -0.1) is 6.42 Å². The van der Waals surface area contributed by atoms with Crippen LogP contribution < -0.4 is 4.90 Å². The number of quaternary nitrogens is 1. The molecule has 2 atom stereocenters. The van der Waals surface area contributed by atoms with Gasteiger partial charge in [-0.05, 0) is 33.6 Å². The van der Waals surface area contributed by atoms with Crippen molar-refractivity contribution in [2.75, 3.05) is 6.54 Å². The van der Waals surface area contributed by atoms with Crippen molar-refractivity contribution < 1.29 is 9.69 Å². The maximum atomic E-state index is 11.2. The van der Waals surface area contributed by atoms with E-state index in [4.69, 9.17) is 6.42 Å². The van der Waals surface area contributed by atoms with Gasteiger partial charge < -0.3 is 4.90 Å². The maximum Gasteiger partial charge on any atom is 0.186 e. The first kappa shape index (κ1) is 12.2. The molecule has 0 heterocycles. The lowest BCUT2D eigenvalue weighted by Crippen LogP contribution is -3.22. The fraction of sp³-hybridized carbons (Fsp3) is 0.727. The third-order valence-electron chi connectivity index (χ3n) is 2.39. The first-order valence-corrected chi connectivity index (χ1v) is 4.60. The van der Waals surface area contributed by atoms with Crippen LogP contribution in [0.3, 0.4) is 0 Å². The minimum Gasteiger partial charge on any atom is -0.312 e. The van der Waals surface area contributed by atoms with E-state index in [1.165, 1.54) is 0 Å². The Kier molecular flexibility index (Phi) is 4.16. The summed E-state index contributed by atoms with van der Waals surface area (Å²) >= 11 is 0. The SMILES string of the molecule is C#CC[NH+]([C@H](C)C(C)=O)C(C)(C)C. The Morgan fingerprint density at radius 3 is 2.23 bits per heavy atom. The standard InChI is InChI=1S/C11H19NO/c1-7-8-12(11(4,5)6)9(2)10(3)13/h1,9H,8H2,2-6H3/p+1/t9-/m1/s1. The molecular formula is C11H20NO+. The molecule has 0 aromatic carbocycles. The average molecular weight is 182 g/mol. The summed E-state index contributed by atoms with van der Waals surface area (Å²) in [6.07, 6.45) is 5.28. The van der Waals surface area contributed by atoms with E-state index in [2.05, 4.69) is 26.7 Å². The average Bonchev–Trinajstić information content (AvgIpc) is 1.96. The van der Waals surface area contributed by atoms with Gasteiger partial charge in [-0.25, -0.2) is 0 Å². The van der Waals surface area contributed by atoms with E-state index in [0.29, 0.717) is 6.54 Å². The van der Waals surface area contributed by atoms with Gasteiger partial charge >= 0.3 is 0 Å². The fourth-order valence-electron chi connectivity index (χ4n) is 1.42. The lowest BCUT2D eigenvalue weighted by molar-refractivity contribution is -0.953. The van der Waals surface area contributed by atoms with Crippen molar-refractivity contribution in [2.24, 2.45) is 0 Å². The van der Waals surface area contributed by atoms with Crippen LogP contribution in [0.25, 0.3) is 0 Å². The Morgan fingerprint density at radius 2 is 2.00 bits per heavy atom. The summed E-state index contributed by atoms with van der Waals surface area (Å²) in [5.74, 6) is 2.82. The summed E-state index contributed by atoms with van der Waals surface area (Å²) in [5.41, 5.74) is 0.0253. The Morgan fingerprint density at radius 1 is 1.54 bits per heavy atom. The summed E-state index contributed by atoms with van der Waals surface area (Å²) in [7, 11) is 0. The predicted octanol–water partition coefficient (Wildman–Crippen LogP) is 0.280. The molecule has 74 valence electrons. The number of hydrogen-bond acceptors (Lipinski definition) is 1. The van der Waals surface area contributed by atoms with Gasteiger partial charge in [0, 0.05) is 6.92 Å². The zero-order chi connectivity index (χ0) is 10.6. The fourth-order valence-corrected chi connectivity index (χ4v) is 1.42. The van der Waals surface area contributed by atoms with Crippen LogP contribution in [-0.2, 0) is 4.79 Å². The Labute approximate surface area is 81.3 Å². The Balaban J connectivity index is 4.63. The summed E-state index contributed by atoms with van der Waals surface area (Å²) in [6.45, 7) is 10.4. The monoisotopic (exact) mass is 182 g/mol. The van der Waals surface area contributed by atoms with Crippen molar-refractivity contribution in [3.05, 3.63) is 0 Å². The van der Waals surface area contributed by atoms with Crippen molar-refractivity contribution in [3.8, 4) is 12.3 Å². The van der Waals surface area contributed by atoms with E-state index in [9.17, 15) is 4.79 Å². The minimum atomic E-state index is -0.0175. The van der Waals surface area contributed by atoms with Crippen molar-refractivity contribution >= 4 is 5.78 Å². The van der Waals surface area contributed by atoms with Crippen molar-refractivity contribution in [1.29, 1.82) is 0 Å². The van der Waals surface area contributed by atoms with E-state index in [-0.39, 0.29) is 17.4 Å². The second kappa shape index (κ2) is 4.43. The lowest BCUT2D eigenvalue weighted by Gasteiger charge is -2.34. The van der Waals surface area contributed by atoms with Crippen molar-refractivity contribution in [2.45, 2.75) is 46.2 Å². The van der Waals surface area contributed by atoms with Crippen LogP contribution in [0.5, 0.6) is 0 Å². The molecule has 2 nitrogen and oxygen atoms in total. The van der Waals surface area contributed by atoms with Crippen LogP contribution in [0, 0.1) is 12.3 Å². The highest BCUT2D eigenvalue weighted by atomic mass is 16.1. The number of hydrogen-bond donors (Lipinski definition) is 1. The highest BCUT2D eigenvalue weighted by molar-refractivity contribution is 5.79. The smallest absolute Gasteiger partial charge is 0.186 e. The zero-order valence-corrected chi connectivity index (χ0v) is 9.27. The highest BCUT2D eigenvalue weighted by Gasteiger charge is 2.31. The number of ketones is 1. The zero-order valence-electron chi connectivity index (χ0n) is 9.27. The first-order valence-electron chi connectivity index (χ1n) is 4.60. The molecule has 0 aliphatic carbocycles.